The first-order valence-electron chi connectivity index (χ1n) is 7.00. The Morgan fingerprint density at radius 2 is 2.04 bits per heavy atom. The SMILES string of the molecule is Cc1cc(Cl)ccc1-n1c(=O)[nH]c2cnc3ccc(Br)cc3c21. The number of rotatable bonds is 1. The van der Waals surface area contributed by atoms with Gasteiger partial charge in [-0.05, 0) is 48.9 Å². The van der Waals surface area contributed by atoms with E-state index in [9.17, 15) is 4.79 Å². The summed E-state index contributed by atoms with van der Waals surface area (Å²) in [5.41, 5.74) is 3.89. The quantitative estimate of drug-likeness (QED) is 0.518. The Kier molecular flexibility index (Phi) is 3.28. The standard InChI is InChI=1S/C17H11BrClN3O/c1-9-6-11(19)3-5-15(9)22-16-12-7-10(18)2-4-13(12)20-8-14(16)21-17(22)23/h2-8H,1H3,(H,21,23). The molecule has 0 aliphatic carbocycles. The van der Waals surface area contributed by atoms with Crippen LogP contribution in [-0.4, -0.2) is 14.5 Å². The number of aryl methyl sites for hydroxylation is 1. The molecule has 0 aliphatic rings. The summed E-state index contributed by atoms with van der Waals surface area (Å²) in [6.45, 7) is 1.94. The maximum atomic E-state index is 12.5. The van der Waals surface area contributed by atoms with Crippen molar-refractivity contribution in [3.8, 4) is 5.69 Å². The first-order chi connectivity index (χ1) is 11.0. The van der Waals surface area contributed by atoms with Gasteiger partial charge >= 0.3 is 5.69 Å². The number of nitrogens with zero attached hydrogens (tertiary/aromatic N) is 2. The third-order valence-corrected chi connectivity index (χ3v) is 4.60. The Balaban J connectivity index is 2.20. The van der Waals surface area contributed by atoms with Crippen LogP contribution in [0.1, 0.15) is 5.56 Å². The van der Waals surface area contributed by atoms with E-state index in [1.54, 1.807) is 16.8 Å². The summed E-state index contributed by atoms with van der Waals surface area (Å²) < 4.78 is 2.62. The first-order valence-corrected chi connectivity index (χ1v) is 8.17. The fraction of sp³-hybridized carbons (Fsp3) is 0.0588. The predicted molar refractivity (Wildman–Crippen MR) is 96.6 cm³/mol. The number of aromatic nitrogens is 3. The van der Waals surface area contributed by atoms with Gasteiger partial charge < -0.3 is 4.98 Å². The number of pyridine rings is 1. The largest absolute Gasteiger partial charge is 0.331 e. The zero-order chi connectivity index (χ0) is 16.1. The third kappa shape index (κ3) is 2.28. The van der Waals surface area contributed by atoms with Crippen LogP contribution >= 0.6 is 27.5 Å². The van der Waals surface area contributed by atoms with E-state index in [4.69, 9.17) is 11.6 Å². The van der Waals surface area contributed by atoms with E-state index < -0.39 is 0 Å². The highest BCUT2D eigenvalue weighted by molar-refractivity contribution is 9.10. The van der Waals surface area contributed by atoms with Crippen molar-refractivity contribution in [3.05, 3.63) is 68.1 Å². The molecule has 0 radical (unpaired) electrons. The van der Waals surface area contributed by atoms with Gasteiger partial charge in [-0.3, -0.25) is 9.55 Å². The van der Waals surface area contributed by atoms with Gasteiger partial charge in [-0.25, -0.2) is 4.79 Å². The van der Waals surface area contributed by atoms with Gasteiger partial charge in [0.1, 0.15) is 0 Å². The summed E-state index contributed by atoms with van der Waals surface area (Å²) in [7, 11) is 0. The molecule has 0 saturated heterocycles. The number of hydrogen-bond acceptors (Lipinski definition) is 2. The number of halogens is 2. The number of nitrogens with one attached hydrogen (secondary N) is 1. The molecule has 23 heavy (non-hydrogen) atoms. The van der Waals surface area contributed by atoms with Crippen molar-refractivity contribution in [2.75, 3.05) is 0 Å². The summed E-state index contributed by atoms with van der Waals surface area (Å²) in [5, 5.41) is 1.55. The lowest BCUT2D eigenvalue weighted by atomic mass is 10.1. The molecule has 0 saturated carbocycles. The maximum absolute atomic E-state index is 12.5. The molecule has 4 nitrogen and oxygen atoms in total. The van der Waals surface area contributed by atoms with Crippen molar-refractivity contribution in [2.45, 2.75) is 6.92 Å². The van der Waals surface area contributed by atoms with Crippen molar-refractivity contribution in [3.63, 3.8) is 0 Å². The zero-order valence-electron chi connectivity index (χ0n) is 12.1. The van der Waals surface area contributed by atoms with Crippen LogP contribution in [0.4, 0.5) is 0 Å². The van der Waals surface area contributed by atoms with Gasteiger partial charge in [-0.1, -0.05) is 27.5 Å². The second kappa shape index (κ2) is 5.22. The predicted octanol–water partition coefficient (Wildman–Crippen LogP) is 4.59. The lowest BCUT2D eigenvalue weighted by molar-refractivity contribution is 1.01. The van der Waals surface area contributed by atoms with Gasteiger partial charge in [0, 0.05) is 14.9 Å². The Morgan fingerprint density at radius 3 is 2.83 bits per heavy atom. The average molecular weight is 389 g/mol. The Bertz CT molecular complexity index is 1130. The van der Waals surface area contributed by atoms with Crippen LogP contribution in [0.15, 0.2) is 51.9 Å². The molecule has 1 N–H and O–H groups in total. The molecule has 4 aromatic rings. The number of hydrogen-bond donors (Lipinski definition) is 1. The zero-order valence-corrected chi connectivity index (χ0v) is 14.4. The second-order valence-corrected chi connectivity index (χ2v) is 6.73. The van der Waals surface area contributed by atoms with Crippen molar-refractivity contribution >= 4 is 49.5 Å². The van der Waals surface area contributed by atoms with Crippen LogP contribution in [0.25, 0.3) is 27.6 Å². The van der Waals surface area contributed by atoms with E-state index in [0.717, 1.165) is 32.1 Å². The summed E-state index contributed by atoms with van der Waals surface area (Å²) in [6, 6.07) is 11.3. The molecule has 0 atom stereocenters. The van der Waals surface area contributed by atoms with E-state index in [0.29, 0.717) is 10.5 Å². The molecule has 0 unspecified atom stereocenters. The van der Waals surface area contributed by atoms with Crippen molar-refractivity contribution < 1.29 is 0 Å². The summed E-state index contributed by atoms with van der Waals surface area (Å²) >= 11 is 9.53. The molecule has 2 aromatic heterocycles. The molecule has 0 amide bonds. The number of aromatic amines is 1. The summed E-state index contributed by atoms with van der Waals surface area (Å²) in [4.78, 5) is 19.8. The normalized spacial score (nSPS) is 11.4. The van der Waals surface area contributed by atoms with Crippen LogP contribution in [0.2, 0.25) is 5.02 Å². The molecular weight excluding hydrogens is 378 g/mol. The lowest BCUT2D eigenvalue weighted by Gasteiger charge is -2.09. The molecule has 0 fully saturated rings. The van der Waals surface area contributed by atoms with E-state index in [-0.39, 0.29) is 5.69 Å². The highest BCUT2D eigenvalue weighted by atomic mass is 79.9. The van der Waals surface area contributed by atoms with Crippen LogP contribution in [0, 0.1) is 6.92 Å². The number of benzene rings is 2. The number of fused-ring (bicyclic) bond motifs is 3. The van der Waals surface area contributed by atoms with Crippen LogP contribution in [0.3, 0.4) is 0 Å². The highest BCUT2D eigenvalue weighted by Crippen LogP contribution is 2.28. The van der Waals surface area contributed by atoms with Gasteiger partial charge in [0.2, 0.25) is 0 Å². The molecule has 0 aliphatic heterocycles. The van der Waals surface area contributed by atoms with Gasteiger partial charge in [0.05, 0.1) is 28.4 Å². The molecular formula is C17H11BrClN3O. The van der Waals surface area contributed by atoms with Gasteiger partial charge in [-0.2, -0.15) is 0 Å². The minimum atomic E-state index is -0.195. The monoisotopic (exact) mass is 387 g/mol. The van der Waals surface area contributed by atoms with E-state index in [1.807, 2.05) is 37.3 Å². The van der Waals surface area contributed by atoms with Crippen molar-refractivity contribution in [1.82, 2.24) is 14.5 Å². The summed E-state index contributed by atoms with van der Waals surface area (Å²) in [6.07, 6.45) is 1.69. The lowest BCUT2D eigenvalue weighted by Crippen LogP contribution is -2.15. The number of H-pyrrole nitrogens is 1. The average Bonchev–Trinajstić information content (AvgIpc) is 2.84. The topological polar surface area (TPSA) is 50.7 Å². The highest BCUT2D eigenvalue weighted by Gasteiger charge is 2.14. The third-order valence-electron chi connectivity index (χ3n) is 3.87. The Labute approximate surface area is 144 Å². The molecule has 4 rings (SSSR count). The van der Waals surface area contributed by atoms with Gasteiger partial charge in [0.25, 0.3) is 0 Å². The molecule has 6 heteroatoms. The molecule has 2 aromatic carbocycles. The van der Waals surface area contributed by atoms with E-state index in [1.165, 1.54) is 0 Å². The Morgan fingerprint density at radius 1 is 1.22 bits per heavy atom. The smallest absolute Gasteiger partial charge is 0.304 e. The Hall–Kier alpha value is -2.11. The molecule has 0 bridgehead atoms. The van der Waals surface area contributed by atoms with Crippen LogP contribution in [0.5, 0.6) is 0 Å². The molecule has 2 heterocycles. The molecule has 114 valence electrons. The molecule has 0 spiro atoms. The van der Waals surface area contributed by atoms with E-state index in [2.05, 4.69) is 25.9 Å². The van der Waals surface area contributed by atoms with Crippen LogP contribution in [-0.2, 0) is 0 Å². The first kappa shape index (κ1) is 14.5. The van der Waals surface area contributed by atoms with Crippen molar-refractivity contribution in [1.29, 1.82) is 0 Å². The fourth-order valence-corrected chi connectivity index (χ4v) is 3.44. The van der Waals surface area contributed by atoms with Crippen LogP contribution < -0.4 is 5.69 Å². The summed E-state index contributed by atoms with van der Waals surface area (Å²) in [5.74, 6) is 0. The minimum Gasteiger partial charge on any atom is -0.304 e. The second-order valence-electron chi connectivity index (χ2n) is 5.38. The maximum Gasteiger partial charge on any atom is 0.331 e. The van der Waals surface area contributed by atoms with Crippen molar-refractivity contribution in [2.24, 2.45) is 0 Å². The minimum absolute atomic E-state index is 0.195. The van der Waals surface area contributed by atoms with Gasteiger partial charge in [-0.15, -0.1) is 0 Å². The fourth-order valence-electron chi connectivity index (χ4n) is 2.86. The number of imidazole rings is 1. The van der Waals surface area contributed by atoms with Gasteiger partial charge in [0.15, 0.2) is 0 Å². The van der Waals surface area contributed by atoms with E-state index >= 15 is 0 Å².